The number of hydrogen-bond donors (Lipinski definition) is 2. The molecule has 0 heterocycles. The molecule has 27 heavy (non-hydrogen) atoms. The van der Waals surface area contributed by atoms with E-state index in [2.05, 4.69) is 15.6 Å². The van der Waals surface area contributed by atoms with Gasteiger partial charge in [-0.2, -0.15) is 0 Å². The van der Waals surface area contributed by atoms with Crippen LogP contribution in [0.5, 0.6) is 0 Å². The minimum absolute atomic E-state index is 0.0256. The van der Waals surface area contributed by atoms with Crippen LogP contribution in [0.4, 0.5) is 4.39 Å². The first kappa shape index (κ1) is 20.7. The summed E-state index contributed by atoms with van der Waals surface area (Å²) in [5.41, 5.74) is 2.50. The molecule has 0 aromatic heterocycles. The number of carbonyl (C=O) groups is 1. The molecule has 0 saturated carbocycles. The molecule has 2 N–H and O–H groups in total. The SMILES string of the molecule is CCNC(=NCc1ccc(F)c(Cl)c1)NCc1ccc(C(=O)N(C)C)cc1. The highest BCUT2D eigenvalue weighted by Gasteiger charge is 2.07. The fourth-order valence-corrected chi connectivity index (χ4v) is 2.56. The van der Waals surface area contributed by atoms with Crippen LogP contribution in [0.1, 0.15) is 28.4 Å². The molecule has 0 radical (unpaired) electrons. The van der Waals surface area contributed by atoms with Crippen LogP contribution in [0.3, 0.4) is 0 Å². The topological polar surface area (TPSA) is 56.7 Å². The monoisotopic (exact) mass is 390 g/mol. The van der Waals surface area contributed by atoms with Crippen molar-refractivity contribution in [1.29, 1.82) is 0 Å². The third-order valence-electron chi connectivity index (χ3n) is 3.82. The molecule has 2 aromatic rings. The Morgan fingerprint density at radius 1 is 1.11 bits per heavy atom. The van der Waals surface area contributed by atoms with Gasteiger partial charge in [-0.3, -0.25) is 4.79 Å². The molecule has 0 aliphatic heterocycles. The summed E-state index contributed by atoms with van der Waals surface area (Å²) >= 11 is 5.80. The molecule has 7 heteroatoms. The normalized spacial score (nSPS) is 11.2. The summed E-state index contributed by atoms with van der Waals surface area (Å²) in [5, 5.41) is 6.50. The number of nitrogens with one attached hydrogen (secondary N) is 2. The Kier molecular flexibility index (Phi) is 7.61. The Hall–Kier alpha value is -2.60. The molecule has 1 amide bonds. The Morgan fingerprint density at radius 3 is 2.37 bits per heavy atom. The maximum atomic E-state index is 13.2. The maximum absolute atomic E-state index is 13.2. The fourth-order valence-electron chi connectivity index (χ4n) is 2.36. The summed E-state index contributed by atoms with van der Waals surface area (Å²) in [4.78, 5) is 18.0. The fraction of sp³-hybridized carbons (Fsp3) is 0.300. The number of aliphatic imine (C=N–C) groups is 1. The molecule has 0 bridgehead atoms. The summed E-state index contributed by atoms with van der Waals surface area (Å²) in [5.74, 6) is 0.180. The molecule has 0 aliphatic carbocycles. The van der Waals surface area contributed by atoms with E-state index >= 15 is 0 Å². The van der Waals surface area contributed by atoms with Crippen molar-refractivity contribution in [2.45, 2.75) is 20.0 Å². The number of halogens is 2. The Morgan fingerprint density at radius 2 is 1.78 bits per heavy atom. The largest absolute Gasteiger partial charge is 0.357 e. The van der Waals surface area contributed by atoms with Crippen LogP contribution in [0.2, 0.25) is 5.02 Å². The minimum atomic E-state index is -0.439. The van der Waals surface area contributed by atoms with Crippen molar-refractivity contribution in [3.05, 3.63) is 70.0 Å². The highest BCUT2D eigenvalue weighted by molar-refractivity contribution is 6.30. The van der Waals surface area contributed by atoms with Crippen LogP contribution >= 0.6 is 11.6 Å². The van der Waals surface area contributed by atoms with Gasteiger partial charge >= 0.3 is 0 Å². The van der Waals surface area contributed by atoms with Crippen LogP contribution in [0, 0.1) is 5.82 Å². The summed E-state index contributed by atoms with van der Waals surface area (Å²) in [6.07, 6.45) is 0. The van der Waals surface area contributed by atoms with Crippen LogP contribution in [0.15, 0.2) is 47.5 Å². The van der Waals surface area contributed by atoms with E-state index in [0.717, 1.165) is 11.1 Å². The smallest absolute Gasteiger partial charge is 0.253 e. The molecular formula is C20H24ClFN4O. The molecule has 2 rings (SSSR count). The first-order valence-corrected chi connectivity index (χ1v) is 9.05. The lowest BCUT2D eigenvalue weighted by Crippen LogP contribution is -2.36. The predicted octanol–water partition coefficient (Wildman–Crippen LogP) is 3.44. The molecule has 0 atom stereocenters. The number of carbonyl (C=O) groups excluding carboxylic acids is 1. The second-order valence-corrected chi connectivity index (χ2v) is 6.60. The van der Waals surface area contributed by atoms with Crippen molar-refractivity contribution in [2.75, 3.05) is 20.6 Å². The van der Waals surface area contributed by atoms with Gasteiger partial charge in [0.1, 0.15) is 5.82 Å². The zero-order chi connectivity index (χ0) is 19.8. The van der Waals surface area contributed by atoms with Crippen molar-refractivity contribution >= 4 is 23.5 Å². The van der Waals surface area contributed by atoms with Gasteiger partial charge in [0.05, 0.1) is 11.6 Å². The molecule has 2 aromatic carbocycles. The van der Waals surface area contributed by atoms with E-state index in [4.69, 9.17) is 11.6 Å². The molecule has 144 valence electrons. The maximum Gasteiger partial charge on any atom is 0.253 e. The first-order chi connectivity index (χ1) is 12.9. The Labute approximate surface area is 164 Å². The van der Waals surface area contributed by atoms with Gasteiger partial charge in [-0.05, 0) is 42.3 Å². The standard InChI is InChI=1S/C20H24ClFN4O/c1-4-23-20(25-13-15-7-10-18(22)17(21)11-15)24-12-14-5-8-16(9-6-14)19(27)26(2)3/h5-11H,4,12-13H2,1-3H3,(H2,23,24,25). The molecule has 0 spiro atoms. The Bertz CT molecular complexity index is 806. The zero-order valence-electron chi connectivity index (χ0n) is 15.7. The van der Waals surface area contributed by atoms with Gasteiger partial charge in [0.15, 0.2) is 5.96 Å². The summed E-state index contributed by atoms with van der Waals surface area (Å²) in [6, 6.07) is 12.0. The van der Waals surface area contributed by atoms with Crippen LogP contribution in [-0.4, -0.2) is 37.4 Å². The number of guanidine groups is 1. The van der Waals surface area contributed by atoms with Crippen molar-refractivity contribution in [2.24, 2.45) is 4.99 Å². The first-order valence-electron chi connectivity index (χ1n) is 8.67. The van der Waals surface area contributed by atoms with Crippen LogP contribution < -0.4 is 10.6 Å². The highest BCUT2D eigenvalue weighted by Crippen LogP contribution is 2.16. The van der Waals surface area contributed by atoms with Crippen molar-refractivity contribution < 1.29 is 9.18 Å². The average molecular weight is 391 g/mol. The number of hydrogen-bond acceptors (Lipinski definition) is 2. The van der Waals surface area contributed by atoms with E-state index in [-0.39, 0.29) is 10.9 Å². The predicted molar refractivity (Wildman–Crippen MR) is 108 cm³/mol. The van der Waals surface area contributed by atoms with Crippen molar-refractivity contribution in [3.8, 4) is 0 Å². The molecule has 0 aliphatic rings. The highest BCUT2D eigenvalue weighted by atomic mass is 35.5. The number of rotatable bonds is 6. The minimum Gasteiger partial charge on any atom is -0.357 e. The Balaban J connectivity index is 1.99. The molecule has 0 unspecified atom stereocenters. The molecule has 5 nitrogen and oxygen atoms in total. The lowest BCUT2D eigenvalue weighted by atomic mass is 10.1. The third kappa shape index (κ3) is 6.25. The molecule has 0 fully saturated rings. The summed E-state index contributed by atoms with van der Waals surface area (Å²) in [7, 11) is 3.45. The van der Waals surface area contributed by atoms with Gasteiger partial charge in [-0.25, -0.2) is 9.38 Å². The van der Waals surface area contributed by atoms with Gasteiger partial charge in [0, 0.05) is 32.7 Å². The zero-order valence-corrected chi connectivity index (χ0v) is 16.5. The molecule has 0 saturated heterocycles. The average Bonchev–Trinajstić information content (AvgIpc) is 2.66. The second-order valence-electron chi connectivity index (χ2n) is 6.19. The van der Waals surface area contributed by atoms with Crippen LogP contribution in [0.25, 0.3) is 0 Å². The number of nitrogens with zero attached hydrogens (tertiary/aromatic N) is 2. The van der Waals surface area contributed by atoms with Gasteiger partial charge in [0.25, 0.3) is 5.91 Å². The number of amides is 1. The van der Waals surface area contributed by atoms with E-state index in [1.807, 2.05) is 31.2 Å². The second kappa shape index (κ2) is 9.92. The summed E-state index contributed by atoms with van der Waals surface area (Å²) in [6.45, 7) is 3.64. The summed E-state index contributed by atoms with van der Waals surface area (Å²) < 4.78 is 13.2. The van der Waals surface area contributed by atoms with Gasteiger partial charge in [-0.1, -0.05) is 29.8 Å². The van der Waals surface area contributed by atoms with E-state index in [1.165, 1.54) is 6.07 Å². The van der Waals surface area contributed by atoms with Gasteiger partial charge in [-0.15, -0.1) is 0 Å². The lowest BCUT2D eigenvalue weighted by molar-refractivity contribution is 0.0827. The van der Waals surface area contributed by atoms with Crippen molar-refractivity contribution in [1.82, 2.24) is 15.5 Å². The van der Waals surface area contributed by atoms with Gasteiger partial charge < -0.3 is 15.5 Å². The van der Waals surface area contributed by atoms with Gasteiger partial charge in [0.2, 0.25) is 0 Å². The van der Waals surface area contributed by atoms with E-state index in [0.29, 0.717) is 31.2 Å². The quantitative estimate of drug-likeness (QED) is 0.587. The lowest BCUT2D eigenvalue weighted by Gasteiger charge is -2.13. The van der Waals surface area contributed by atoms with Crippen molar-refractivity contribution in [3.63, 3.8) is 0 Å². The van der Waals surface area contributed by atoms with E-state index in [1.54, 1.807) is 31.1 Å². The van der Waals surface area contributed by atoms with E-state index in [9.17, 15) is 9.18 Å². The molecular weight excluding hydrogens is 367 g/mol. The number of benzene rings is 2. The third-order valence-corrected chi connectivity index (χ3v) is 4.10. The van der Waals surface area contributed by atoms with E-state index < -0.39 is 5.82 Å². The van der Waals surface area contributed by atoms with Crippen LogP contribution in [-0.2, 0) is 13.1 Å².